The molecule has 0 saturated heterocycles. The van der Waals surface area contributed by atoms with Crippen LogP contribution in [0.3, 0.4) is 0 Å². The van der Waals surface area contributed by atoms with Gasteiger partial charge in [-0.1, -0.05) is 56.0 Å². The van der Waals surface area contributed by atoms with Gasteiger partial charge in [-0.05, 0) is 23.3 Å². The molecule has 2 aromatic carbocycles. The molecule has 22 heavy (non-hydrogen) atoms. The molecule has 0 saturated carbocycles. The smallest absolute Gasteiger partial charge is 0.395 e. The summed E-state index contributed by atoms with van der Waals surface area (Å²) >= 11 is 0. The summed E-state index contributed by atoms with van der Waals surface area (Å²) in [4.78, 5) is 0. The molecule has 1 aliphatic rings. The zero-order valence-corrected chi connectivity index (χ0v) is 13.8. The van der Waals surface area contributed by atoms with Crippen LogP contribution in [0.5, 0.6) is 11.5 Å². The number of hydrogen-bond donors (Lipinski definition) is 0. The maximum Gasteiger partial charge on any atom is 0.586 e. The van der Waals surface area contributed by atoms with Gasteiger partial charge in [-0.3, -0.25) is 0 Å². The predicted octanol–water partition coefficient (Wildman–Crippen LogP) is 5.02. The van der Waals surface area contributed by atoms with Crippen molar-refractivity contribution < 1.29 is 18.3 Å². The molecule has 0 bridgehead atoms. The van der Waals surface area contributed by atoms with E-state index in [0.29, 0.717) is 0 Å². The Morgan fingerprint density at radius 2 is 1.50 bits per heavy atom. The third kappa shape index (κ3) is 2.86. The molecule has 2 aromatic rings. The van der Waals surface area contributed by atoms with Gasteiger partial charge in [-0.25, -0.2) is 0 Å². The summed E-state index contributed by atoms with van der Waals surface area (Å²) in [5.74, 6) is 0.206. The van der Waals surface area contributed by atoms with Crippen LogP contribution in [-0.4, -0.2) is 14.4 Å². The highest BCUT2D eigenvalue weighted by Crippen LogP contribution is 2.44. The first kappa shape index (κ1) is 15.0. The molecule has 0 aromatic heterocycles. The van der Waals surface area contributed by atoms with Crippen molar-refractivity contribution in [3.05, 3.63) is 59.7 Å². The van der Waals surface area contributed by atoms with Crippen molar-refractivity contribution in [1.29, 1.82) is 0 Å². The van der Waals surface area contributed by atoms with Crippen LogP contribution in [0, 0.1) is 0 Å². The van der Waals surface area contributed by atoms with Crippen molar-refractivity contribution in [3.8, 4) is 11.5 Å². The van der Waals surface area contributed by atoms with Crippen molar-refractivity contribution in [2.24, 2.45) is 0 Å². The van der Waals surface area contributed by atoms with E-state index in [1.807, 2.05) is 24.3 Å². The maximum absolute atomic E-state index is 13.2. The molecule has 0 N–H and O–H groups in total. The van der Waals surface area contributed by atoms with Gasteiger partial charge in [-0.15, -0.1) is 8.78 Å². The van der Waals surface area contributed by atoms with Gasteiger partial charge in [0, 0.05) is 5.54 Å². The van der Waals surface area contributed by atoms with Gasteiger partial charge in [0.25, 0.3) is 0 Å². The lowest BCUT2D eigenvalue weighted by molar-refractivity contribution is -0.286. The van der Waals surface area contributed by atoms with Gasteiger partial charge in [0.05, 0.1) is 8.07 Å². The zero-order chi connectivity index (χ0) is 16.0. The van der Waals surface area contributed by atoms with Crippen LogP contribution in [0.2, 0.25) is 19.6 Å². The van der Waals surface area contributed by atoms with Gasteiger partial charge in [0.1, 0.15) is 0 Å². The minimum absolute atomic E-state index is 0.0936. The van der Waals surface area contributed by atoms with Crippen LogP contribution in [0.4, 0.5) is 8.78 Å². The van der Waals surface area contributed by atoms with E-state index in [2.05, 4.69) is 41.2 Å². The summed E-state index contributed by atoms with van der Waals surface area (Å²) in [6.45, 7) is 6.80. The highest BCUT2D eigenvalue weighted by atomic mass is 28.3. The molecule has 1 aliphatic heterocycles. The van der Waals surface area contributed by atoms with Gasteiger partial charge in [0.2, 0.25) is 0 Å². The monoisotopic (exact) mass is 320 g/mol. The first-order valence-electron chi connectivity index (χ1n) is 7.21. The third-order valence-corrected chi connectivity index (χ3v) is 6.16. The fourth-order valence-electron chi connectivity index (χ4n) is 2.98. The average molecular weight is 320 g/mol. The lowest BCUT2D eigenvalue weighted by Gasteiger charge is -2.30. The maximum atomic E-state index is 13.2. The summed E-state index contributed by atoms with van der Waals surface area (Å²) in [5, 5.41) is 0. The molecule has 116 valence electrons. The number of alkyl halides is 2. The Balaban J connectivity index is 2.04. The summed E-state index contributed by atoms with van der Waals surface area (Å²) in [6, 6.07) is 15.3. The molecule has 1 atom stereocenters. The molecule has 0 radical (unpaired) electrons. The van der Waals surface area contributed by atoms with E-state index in [0.717, 1.165) is 5.56 Å². The Morgan fingerprint density at radius 1 is 0.864 bits per heavy atom. The highest BCUT2D eigenvalue weighted by Gasteiger charge is 2.44. The SMILES string of the molecule is C[Si](C)(C)C(c1ccccc1)c1ccc2c(c1)OC(F)(F)O2. The normalized spacial score (nSPS) is 17.3. The fraction of sp³-hybridized carbons (Fsp3) is 0.294. The molecule has 3 rings (SSSR count). The van der Waals surface area contributed by atoms with Crippen LogP contribution < -0.4 is 9.47 Å². The van der Waals surface area contributed by atoms with Crippen LogP contribution in [-0.2, 0) is 0 Å². The van der Waals surface area contributed by atoms with Crippen LogP contribution in [0.25, 0.3) is 0 Å². The largest absolute Gasteiger partial charge is 0.586 e. The molecule has 0 amide bonds. The Morgan fingerprint density at radius 3 is 2.14 bits per heavy atom. The molecule has 2 nitrogen and oxygen atoms in total. The van der Waals surface area contributed by atoms with E-state index in [1.165, 1.54) is 5.56 Å². The summed E-state index contributed by atoms with van der Waals surface area (Å²) in [7, 11) is -1.62. The van der Waals surface area contributed by atoms with Crippen molar-refractivity contribution in [1.82, 2.24) is 0 Å². The number of fused-ring (bicyclic) bond motifs is 1. The Hall–Kier alpha value is -1.88. The number of hydrogen-bond acceptors (Lipinski definition) is 2. The number of ether oxygens (including phenoxy) is 2. The van der Waals surface area contributed by atoms with E-state index in [4.69, 9.17) is 0 Å². The van der Waals surface area contributed by atoms with E-state index >= 15 is 0 Å². The van der Waals surface area contributed by atoms with Gasteiger partial charge >= 0.3 is 6.29 Å². The first-order valence-corrected chi connectivity index (χ1v) is 10.8. The third-order valence-electron chi connectivity index (χ3n) is 3.76. The second kappa shape index (κ2) is 5.09. The number of halogens is 2. The molecule has 0 spiro atoms. The van der Waals surface area contributed by atoms with Crippen molar-refractivity contribution in [2.45, 2.75) is 31.5 Å². The number of rotatable bonds is 3. The standard InChI is InChI=1S/C17H18F2O2Si/c1-22(2,3)16(12-7-5-4-6-8-12)13-9-10-14-15(11-13)21-17(18,19)20-14/h4-11,16H,1-3H3. The van der Waals surface area contributed by atoms with Crippen LogP contribution in [0.1, 0.15) is 16.7 Å². The minimum atomic E-state index is -3.57. The molecular formula is C17H18F2O2Si. The lowest BCUT2D eigenvalue weighted by atomic mass is 10.0. The Bertz CT molecular complexity index is 681. The zero-order valence-electron chi connectivity index (χ0n) is 12.8. The quantitative estimate of drug-likeness (QED) is 0.740. The molecule has 1 heterocycles. The van der Waals surface area contributed by atoms with E-state index in [-0.39, 0.29) is 17.0 Å². The summed E-state index contributed by atoms with van der Waals surface area (Å²) < 4.78 is 35.5. The summed E-state index contributed by atoms with van der Waals surface area (Å²) in [6.07, 6.45) is -3.57. The predicted molar refractivity (Wildman–Crippen MR) is 84.3 cm³/mol. The first-order chi connectivity index (χ1) is 10.3. The van der Waals surface area contributed by atoms with E-state index in [1.54, 1.807) is 12.1 Å². The molecule has 1 unspecified atom stereocenters. The van der Waals surface area contributed by atoms with Crippen molar-refractivity contribution in [2.75, 3.05) is 0 Å². The van der Waals surface area contributed by atoms with Gasteiger partial charge < -0.3 is 9.47 Å². The molecule has 0 fully saturated rings. The second-order valence-corrected chi connectivity index (χ2v) is 11.9. The van der Waals surface area contributed by atoms with Gasteiger partial charge in [-0.2, -0.15) is 0 Å². The van der Waals surface area contributed by atoms with E-state index < -0.39 is 14.4 Å². The Kier molecular flexibility index (Phi) is 3.48. The average Bonchev–Trinajstić information content (AvgIpc) is 2.71. The lowest BCUT2D eigenvalue weighted by Crippen LogP contribution is -2.31. The highest BCUT2D eigenvalue weighted by molar-refractivity contribution is 6.78. The van der Waals surface area contributed by atoms with E-state index in [9.17, 15) is 8.78 Å². The molecule has 5 heteroatoms. The minimum Gasteiger partial charge on any atom is -0.395 e. The molecular weight excluding hydrogens is 302 g/mol. The van der Waals surface area contributed by atoms with Gasteiger partial charge in [0.15, 0.2) is 11.5 Å². The number of benzene rings is 2. The Labute approximate surface area is 129 Å². The van der Waals surface area contributed by atoms with Crippen molar-refractivity contribution >= 4 is 8.07 Å². The topological polar surface area (TPSA) is 18.5 Å². The summed E-state index contributed by atoms with van der Waals surface area (Å²) in [5.41, 5.74) is 2.40. The van der Waals surface area contributed by atoms with Crippen LogP contribution in [0.15, 0.2) is 48.5 Å². The van der Waals surface area contributed by atoms with Crippen molar-refractivity contribution in [3.63, 3.8) is 0 Å². The second-order valence-electron chi connectivity index (χ2n) is 6.58. The molecule has 0 aliphatic carbocycles. The fourth-order valence-corrected chi connectivity index (χ4v) is 5.36. The van der Waals surface area contributed by atoms with Crippen LogP contribution >= 0.6 is 0 Å².